The van der Waals surface area contributed by atoms with Crippen LogP contribution in [0.25, 0.3) is 6.08 Å². The molecule has 1 aromatic heterocycles. The molecule has 0 radical (unpaired) electrons. The van der Waals surface area contributed by atoms with Crippen LogP contribution in [0.4, 0.5) is 0 Å². The van der Waals surface area contributed by atoms with Gasteiger partial charge < -0.3 is 4.90 Å². The highest BCUT2D eigenvalue weighted by atomic mass is 16.2. The number of hydrogen-bond donors (Lipinski definition) is 0. The van der Waals surface area contributed by atoms with Crippen molar-refractivity contribution in [2.24, 2.45) is 0 Å². The maximum Gasteiger partial charge on any atom is 0.274 e. The molecular weight excluding hydrogens is 286 g/mol. The normalized spacial score (nSPS) is 10.9. The van der Waals surface area contributed by atoms with E-state index in [1.165, 1.54) is 0 Å². The van der Waals surface area contributed by atoms with E-state index in [9.17, 15) is 4.79 Å². The Labute approximate surface area is 137 Å². The number of rotatable bonds is 7. The number of carbonyl (C=O) groups excluding carboxylic acids is 1. The standard InChI is InChI=1S/C19H23N3O/c1-3-4-12-22(13-8-11-17-9-6-5-7-10-17)19(23)18-15-20-16(2)14-21-18/h5-11,14-15H,3-4,12-13H2,1-2H3/b11-8+. The average molecular weight is 309 g/mol. The maximum atomic E-state index is 12.6. The average Bonchev–Trinajstić information content (AvgIpc) is 2.59. The molecule has 2 aromatic rings. The molecule has 23 heavy (non-hydrogen) atoms. The fourth-order valence-corrected chi connectivity index (χ4v) is 2.17. The minimum absolute atomic E-state index is 0.0661. The van der Waals surface area contributed by atoms with E-state index in [1.54, 1.807) is 12.4 Å². The second kappa shape index (κ2) is 8.83. The van der Waals surface area contributed by atoms with E-state index >= 15 is 0 Å². The Morgan fingerprint density at radius 2 is 1.96 bits per heavy atom. The number of carbonyl (C=O) groups is 1. The summed E-state index contributed by atoms with van der Waals surface area (Å²) in [5, 5.41) is 0. The molecule has 0 N–H and O–H groups in total. The Morgan fingerprint density at radius 1 is 1.17 bits per heavy atom. The highest BCUT2D eigenvalue weighted by Gasteiger charge is 2.15. The van der Waals surface area contributed by atoms with Crippen molar-refractivity contribution in [3.63, 3.8) is 0 Å². The minimum atomic E-state index is -0.0661. The molecule has 4 nitrogen and oxygen atoms in total. The summed E-state index contributed by atoms with van der Waals surface area (Å²) >= 11 is 0. The van der Waals surface area contributed by atoms with Crippen LogP contribution < -0.4 is 0 Å². The summed E-state index contributed by atoms with van der Waals surface area (Å²) in [7, 11) is 0. The van der Waals surface area contributed by atoms with E-state index in [2.05, 4.69) is 16.9 Å². The monoisotopic (exact) mass is 309 g/mol. The van der Waals surface area contributed by atoms with Crippen molar-refractivity contribution in [1.29, 1.82) is 0 Å². The molecule has 1 heterocycles. The van der Waals surface area contributed by atoms with Gasteiger partial charge in [-0.1, -0.05) is 55.8 Å². The third kappa shape index (κ3) is 5.33. The van der Waals surface area contributed by atoms with E-state index in [0.717, 1.165) is 30.6 Å². The second-order valence-electron chi connectivity index (χ2n) is 5.46. The molecule has 0 aliphatic rings. The van der Waals surface area contributed by atoms with Crippen LogP contribution in [0.2, 0.25) is 0 Å². The zero-order chi connectivity index (χ0) is 16.5. The van der Waals surface area contributed by atoms with Crippen molar-refractivity contribution < 1.29 is 4.79 Å². The second-order valence-corrected chi connectivity index (χ2v) is 5.46. The van der Waals surface area contributed by atoms with Crippen LogP contribution in [-0.2, 0) is 0 Å². The van der Waals surface area contributed by atoms with Crippen molar-refractivity contribution in [2.75, 3.05) is 13.1 Å². The van der Waals surface area contributed by atoms with Crippen LogP contribution in [-0.4, -0.2) is 33.9 Å². The number of aryl methyl sites for hydroxylation is 1. The molecular formula is C19H23N3O. The van der Waals surface area contributed by atoms with Crippen LogP contribution in [0.5, 0.6) is 0 Å². The number of amides is 1. The molecule has 0 saturated carbocycles. The molecule has 4 heteroatoms. The molecule has 120 valence electrons. The molecule has 0 aliphatic carbocycles. The summed E-state index contributed by atoms with van der Waals surface area (Å²) < 4.78 is 0. The summed E-state index contributed by atoms with van der Waals surface area (Å²) in [6.07, 6.45) is 9.26. The van der Waals surface area contributed by atoms with Crippen molar-refractivity contribution in [1.82, 2.24) is 14.9 Å². The van der Waals surface area contributed by atoms with Crippen LogP contribution in [0, 0.1) is 6.92 Å². The number of nitrogens with zero attached hydrogens (tertiary/aromatic N) is 3. The molecule has 2 rings (SSSR count). The zero-order valence-corrected chi connectivity index (χ0v) is 13.8. The first-order valence-corrected chi connectivity index (χ1v) is 8.00. The van der Waals surface area contributed by atoms with Gasteiger partial charge in [0.05, 0.1) is 11.9 Å². The third-order valence-corrected chi connectivity index (χ3v) is 3.50. The third-order valence-electron chi connectivity index (χ3n) is 3.50. The van der Waals surface area contributed by atoms with Crippen LogP contribution in [0.3, 0.4) is 0 Å². The predicted octanol–water partition coefficient (Wildman–Crippen LogP) is 3.74. The first kappa shape index (κ1) is 16.9. The lowest BCUT2D eigenvalue weighted by Gasteiger charge is -2.20. The van der Waals surface area contributed by atoms with Gasteiger partial charge >= 0.3 is 0 Å². The van der Waals surface area contributed by atoms with E-state index in [-0.39, 0.29) is 5.91 Å². The zero-order valence-electron chi connectivity index (χ0n) is 13.8. The molecule has 0 unspecified atom stereocenters. The summed E-state index contributed by atoms with van der Waals surface area (Å²) in [4.78, 5) is 22.8. The summed E-state index contributed by atoms with van der Waals surface area (Å²) in [5.74, 6) is -0.0661. The van der Waals surface area contributed by atoms with Gasteiger partial charge in [0.25, 0.3) is 5.91 Å². The largest absolute Gasteiger partial charge is 0.334 e. The number of unbranched alkanes of at least 4 members (excludes halogenated alkanes) is 1. The molecule has 0 bridgehead atoms. The van der Waals surface area contributed by atoms with E-state index < -0.39 is 0 Å². The molecule has 0 spiro atoms. The van der Waals surface area contributed by atoms with Crippen LogP contribution in [0.15, 0.2) is 48.8 Å². The Hall–Kier alpha value is -2.49. The Balaban J connectivity index is 2.05. The molecule has 0 aliphatic heterocycles. The Morgan fingerprint density at radius 3 is 2.61 bits per heavy atom. The first-order chi connectivity index (χ1) is 11.2. The lowest BCUT2D eigenvalue weighted by Crippen LogP contribution is -2.32. The van der Waals surface area contributed by atoms with Crippen LogP contribution in [0.1, 0.15) is 41.5 Å². The lowest BCUT2D eigenvalue weighted by atomic mass is 10.2. The van der Waals surface area contributed by atoms with E-state index in [4.69, 9.17) is 0 Å². The fourth-order valence-electron chi connectivity index (χ4n) is 2.17. The Kier molecular flexibility index (Phi) is 6.48. The van der Waals surface area contributed by atoms with Crippen molar-refractivity contribution in [2.45, 2.75) is 26.7 Å². The van der Waals surface area contributed by atoms with Crippen LogP contribution >= 0.6 is 0 Å². The van der Waals surface area contributed by atoms with Gasteiger partial charge in [-0.25, -0.2) is 4.98 Å². The molecule has 0 atom stereocenters. The number of hydrogen-bond acceptors (Lipinski definition) is 3. The number of benzene rings is 1. The molecule has 0 fully saturated rings. The van der Waals surface area contributed by atoms with Gasteiger partial charge in [0, 0.05) is 19.3 Å². The minimum Gasteiger partial charge on any atom is -0.334 e. The predicted molar refractivity (Wildman–Crippen MR) is 93.1 cm³/mol. The van der Waals surface area contributed by atoms with Gasteiger partial charge in [-0.2, -0.15) is 0 Å². The summed E-state index contributed by atoms with van der Waals surface area (Å²) in [6.45, 7) is 5.28. The maximum absolute atomic E-state index is 12.6. The highest BCUT2D eigenvalue weighted by Crippen LogP contribution is 2.06. The topological polar surface area (TPSA) is 46.1 Å². The number of aromatic nitrogens is 2. The van der Waals surface area contributed by atoms with Gasteiger partial charge in [0.2, 0.25) is 0 Å². The Bertz CT molecular complexity index is 635. The highest BCUT2D eigenvalue weighted by molar-refractivity contribution is 5.92. The van der Waals surface area contributed by atoms with Gasteiger partial charge in [-0.15, -0.1) is 0 Å². The molecule has 1 amide bonds. The summed E-state index contributed by atoms with van der Waals surface area (Å²) in [6, 6.07) is 10.1. The fraction of sp³-hybridized carbons (Fsp3) is 0.316. The van der Waals surface area contributed by atoms with Gasteiger partial charge in [-0.05, 0) is 18.9 Å². The van der Waals surface area contributed by atoms with Crippen molar-refractivity contribution in [3.8, 4) is 0 Å². The molecule has 0 saturated heterocycles. The SMILES string of the molecule is CCCCN(C/C=C/c1ccccc1)C(=O)c1cnc(C)cn1. The van der Waals surface area contributed by atoms with E-state index in [0.29, 0.717) is 12.2 Å². The lowest BCUT2D eigenvalue weighted by molar-refractivity contribution is 0.0765. The van der Waals surface area contributed by atoms with Gasteiger partial charge in [-0.3, -0.25) is 9.78 Å². The first-order valence-electron chi connectivity index (χ1n) is 8.00. The van der Waals surface area contributed by atoms with Gasteiger partial charge in [0.15, 0.2) is 0 Å². The van der Waals surface area contributed by atoms with Gasteiger partial charge in [0.1, 0.15) is 5.69 Å². The molecule has 1 aromatic carbocycles. The quantitative estimate of drug-likeness (QED) is 0.782. The van der Waals surface area contributed by atoms with Crippen molar-refractivity contribution >= 4 is 12.0 Å². The van der Waals surface area contributed by atoms with Crippen molar-refractivity contribution in [3.05, 3.63) is 65.8 Å². The van der Waals surface area contributed by atoms with E-state index in [1.807, 2.05) is 54.3 Å². The smallest absolute Gasteiger partial charge is 0.274 e. The summed E-state index contributed by atoms with van der Waals surface area (Å²) in [5.41, 5.74) is 2.34.